The summed E-state index contributed by atoms with van der Waals surface area (Å²) in [6, 6.07) is 12.3. The van der Waals surface area contributed by atoms with Gasteiger partial charge < -0.3 is 14.7 Å². The molecule has 156 valence electrons. The van der Waals surface area contributed by atoms with Crippen LogP contribution >= 0.6 is 0 Å². The van der Waals surface area contributed by atoms with E-state index >= 15 is 0 Å². The van der Waals surface area contributed by atoms with Crippen LogP contribution in [0.2, 0.25) is 0 Å². The molecule has 2 heterocycles. The molecular weight excluding hydrogens is 366 g/mol. The Morgan fingerprint density at radius 3 is 2.41 bits per heavy atom. The molecule has 2 atom stereocenters. The SMILES string of the molecule is Cc1cc(C)nc(OCC(O)C2CCN(C(=O)CC(C)c3ccccc3)CC2)n1. The second-order valence-electron chi connectivity index (χ2n) is 8.05. The highest BCUT2D eigenvalue weighted by atomic mass is 16.5. The topological polar surface area (TPSA) is 75.6 Å². The number of amides is 1. The van der Waals surface area contributed by atoms with Gasteiger partial charge in [-0.15, -0.1) is 0 Å². The maximum Gasteiger partial charge on any atom is 0.316 e. The van der Waals surface area contributed by atoms with Crippen molar-refractivity contribution >= 4 is 5.91 Å². The van der Waals surface area contributed by atoms with Crippen LogP contribution in [-0.2, 0) is 4.79 Å². The van der Waals surface area contributed by atoms with Gasteiger partial charge in [0.2, 0.25) is 5.91 Å². The van der Waals surface area contributed by atoms with Crippen LogP contribution in [0.25, 0.3) is 0 Å². The van der Waals surface area contributed by atoms with E-state index in [0.29, 0.717) is 25.5 Å². The molecule has 1 aliphatic heterocycles. The first-order valence-corrected chi connectivity index (χ1v) is 10.4. The summed E-state index contributed by atoms with van der Waals surface area (Å²) >= 11 is 0. The first kappa shape index (κ1) is 21.2. The molecule has 1 aromatic heterocycles. The Kier molecular flexibility index (Phi) is 7.20. The van der Waals surface area contributed by atoms with Gasteiger partial charge in [-0.05, 0) is 50.2 Å². The number of hydrogen-bond acceptors (Lipinski definition) is 5. The molecule has 1 saturated heterocycles. The van der Waals surface area contributed by atoms with Gasteiger partial charge in [0, 0.05) is 30.9 Å². The van der Waals surface area contributed by atoms with Crippen LogP contribution in [0, 0.1) is 19.8 Å². The number of ether oxygens (including phenoxy) is 1. The third kappa shape index (κ3) is 6.00. The summed E-state index contributed by atoms with van der Waals surface area (Å²) in [4.78, 5) is 23.1. The van der Waals surface area contributed by atoms with Crippen molar-refractivity contribution in [1.82, 2.24) is 14.9 Å². The van der Waals surface area contributed by atoms with Gasteiger partial charge in [-0.1, -0.05) is 37.3 Å². The summed E-state index contributed by atoms with van der Waals surface area (Å²) in [5, 5.41) is 10.5. The fourth-order valence-electron chi connectivity index (χ4n) is 3.88. The lowest BCUT2D eigenvalue weighted by atomic mass is 9.90. The van der Waals surface area contributed by atoms with Crippen molar-refractivity contribution in [2.24, 2.45) is 5.92 Å². The van der Waals surface area contributed by atoms with Crippen molar-refractivity contribution in [2.45, 2.75) is 52.1 Å². The summed E-state index contributed by atoms with van der Waals surface area (Å²) in [7, 11) is 0. The molecule has 29 heavy (non-hydrogen) atoms. The van der Waals surface area contributed by atoms with E-state index in [1.807, 2.05) is 43.0 Å². The highest BCUT2D eigenvalue weighted by Gasteiger charge is 2.28. The largest absolute Gasteiger partial charge is 0.461 e. The summed E-state index contributed by atoms with van der Waals surface area (Å²) in [6.45, 7) is 7.42. The quantitative estimate of drug-likeness (QED) is 0.776. The van der Waals surface area contributed by atoms with Crippen LogP contribution in [-0.4, -0.2) is 51.7 Å². The standard InChI is InChI=1S/C23H31N3O3/c1-16(19-7-5-4-6-8-19)13-22(28)26-11-9-20(10-12-26)21(27)15-29-23-24-17(2)14-18(3)25-23/h4-8,14,16,20-21,27H,9-13,15H2,1-3H3. The van der Waals surface area contributed by atoms with E-state index in [2.05, 4.69) is 29.0 Å². The number of benzene rings is 1. The van der Waals surface area contributed by atoms with Crippen LogP contribution in [0.4, 0.5) is 0 Å². The first-order chi connectivity index (χ1) is 13.9. The molecule has 6 heteroatoms. The molecule has 0 aliphatic carbocycles. The number of likely N-dealkylation sites (tertiary alicyclic amines) is 1. The molecule has 1 amide bonds. The molecule has 0 saturated carbocycles. The summed E-state index contributed by atoms with van der Waals surface area (Å²) in [5.41, 5.74) is 2.88. The van der Waals surface area contributed by atoms with Gasteiger partial charge in [0.15, 0.2) is 0 Å². The zero-order valence-electron chi connectivity index (χ0n) is 17.5. The van der Waals surface area contributed by atoms with E-state index in [4.69, 9.17) is 4.74 Å². The molecule has 6 nitrogen and oxygen atoms in total. The molecule has 2 unspecified atom stereocenters. The highest BCUT2D eigenvalue weighted by molar-refractivity contribution is 5.77. The fourth-order valence-corrected chi connectivity index (χ4v) is 3.88. The van der Waals surface area contributed by atoms with E-state index in [0.717, 1.165) is 24.2 Å². The molecule has 0 radical (unpaired) electrons. The Morgan fingerprint density at radius 1 is 1.17 bits per heavy atom. The Morgan fingerprint density at radius 2 is 1.79 bits per heavy atom. The summed E-state index contributed by atoms with van der Waals surface area (Å²) in [6.07, 6.45) is 1.50. The van der Waals surface area contributed by atoms with Gasteiger partial charge in [0.05, 0.1) is 6.10 Å². The lowest BCUT2D eigenvalue weighted by molar-refractivity contribution is -0.133. The molecule has 0 bridgehead atoms. The van der Waals surface area contributed by atoms with E-state index in [1.54, 1.807) is 0 Å². The van der Waals surface area contributed by atoms with Crippen molar-refractivity contribution in [3.63, 3.8) is 0 Å². The zero-order valence-corrected chi connectivity index (χ0v) is 17.5. The van der Waals surface area contributed by atoms with Crippen LogP contribution in [0.5, 0.6) is 6.01 Å². The number of aliphatic hydroxyl groups excluding tert-OH is 1. The molecular formula is C23H31N3O3. The molecule has 3 rings (SSSR count). The maximum atomic E-state index is 12.7. The number of hydrogen-bond donors (Lipinski definition) is 1. The number of aryl methyl sites for hydroxylation is 2. The zero-order chi connectivity index (χ0) is 20.8. The molecule has 1 fully saturated rings. The average molecular weight is 398 g/mol. The number of aromatic nitrogens is 2. The second-order valence-corrected chi connectivity index (χ2v) is 8.05. The fraction of sp³-hybridized carbons (Fsp3) is 0.522. The van der Waals surface area contributed by atoms with E-state index in [1.165, 1.54) is 5.56 Å². The van der Waals surface area contributed by atoms with Crippen LogP contribution < -0.4 is 4.74 Å². The number of piperidine rings is 1. The molecule has 1 aromatic carbocycles. The minimum atomic E-state index is -0.583. The van der Waals surface area contributed by atoms with Gasteiger partial charge in [-0.25, -0.2) is 9.97 Å². The Labute approximate surface area is 172 Å². The number of carbonyl (C=O) groups excluding carboxylic acids is 1. The van der Waals surface area contributed by atoms with Crippen molar-refractivity contribution in [1.29, 1.82) is 0 Å². The molecule has 0 spiro atoms. The van der Waals surface area contributed by atoms with E-state index in [-0.39, 0.29) is 24.3 Å². The number of carbonyl (C=O) groups is 1. The van der Waals surface area contributed by atoms with Gasteiger partial charge in [-0.2, -0.15) is 0 Å². The van der Waals surface area contributed by atoms with Gasteiger partial charge >= 0.3 is 6.01 Å². The lowest BCUT2D eigenvalue weighted by Gasteiger charge is -2.34. The molecule has 2 aromatic rings. The van der Waals surface area contributed by atoms with Crippen molar-refractivity contribution in [2.75, 3.05) is 19.7 Å². The van der Waals surface area contributed by atoms with Crippen molar-refractivity contribution in [3.05, 3.63) is 53.3 Å². The summed E-state index contributed by atoms with van der Waals surface area (Å²) < 4.78 is 5.61. The Hall–Kier alpha value is -2.47. The van der Waals surface area contributed by atoms with Crippen LogP contribution in [0.1, 0.15) is 49.1 Å². The average Bonchev–Trinajstić information content (AvgIpc) is 2.72. The molecule has 1 aliphatic rings. The number of rotatable bonds is 7. The van der Waals surface area contributed by atoms with Crippen LogP contribution in [0.3, 0.4) is 0 Å². The summed E-state index contributed by atoms with van der Waals surface area (Å²) in [5.74, 6) is 0.517. The minimum Gasteiger partial charge on any atom is -0.461 e. The third-order valence-electron chi connectivity index (χ3n) is 5.63. The minimum absolute atomic E-state index is 0.122. The normalized spacial score (nSPS) is 17.0. The predicted molar refractivity (Wildman–Crippen MR) is 112 cm³/mol. The highest BCUT2D eigenvalue weighted by Crippen LogP contribution is 2.25. The van der Waals surface area contributed by atoms with Gasteiger partial charge in [-0.3, -0.25) is 4.79 Å². The van der Waals surface area contributed by atoms with Gasteiger partial charge in [0.1, 0.15) is 6.61 Å². The Balaban J connectivity index is 1.43. The van der Waals surface area contributed by atoms with E-state index < -0.39 is 6.10 Å². The van der Waals surface area contributed by atoms with Crippen LogP contribution in [0.15, 0.2) is 36.4 Å². The predicted octanol–water partition coefficient (Wildman–Crippen LogP) is 3.27. The van der Waals surface area contributed by atoms with E-state index in [9.17, 15) is 9.90 Å². The van der Waals surface area contributed by atoms with Gasteiger partial charge in [0.25, 0.3) is 0 Å². The number of aliphatic hydroxyl groups is 1. The van der Waals surface area contributed by atoms with Crippen molar-refractivity contribution < 1.29 is 14.6 Å². The Bertz CT molecular complexity index is 784. The third-order valence-corrected chi connectivity index (χ3v) is 5.63. The number of nitrogens with zero attached hydrogens (tertiary/aromatic N) is 3. The monoisotopic (exact) mass is 397 g/mol. The second kappa shape index (κ2) is 9.83. The molecule has 1 N–H and O–H groups in total. The maximum absolute atomic E-state index is 12.7. The first-order valence-electron chi connectivity index (χ1n) is 10.4. The smallest absolute Gasteiger partial charge is 0.316 e. The van der Waals surface area contributed by atoms with Crippen molar-refractivity contribution in [3.8, 4) is 6.01 Å². The lowest BCUT2D eigenvalue weighted by Crippen LogP contribution is -2.42.